The van der Waals surface area contributed by atoms with Crippen LogP contribution in [-0.2, 0) is 6.54 Å². The summed E-state index contributed by atoms with van der Waals surface area (Å²) in [6.07, 6.45) is 4.78. The van der Waals surface area contributed by atoms with Gasteiger partial charge in [0.1, 0.15) is 5.75 Å². The zero-order valence-corrected chi connectivity index (χ0v) is 12.2. The van der Waals surface area contributed by atoms with Gasteiger partial charge in [0.25, 0.3) is 0 Å². The minimum Gasteiger partial charge on any atom is -0.492 e. The van der Waals surface area contributed by atoms with E-state index in [4.69, 9.17) is 4.74 Å². The van der Waals surface area contributed by atoms with Crippen LogP contribution in [0.3, 0.4) is 0 Å². The maximum absolute atomic E-state index is 5.50. The predicted octanol–water partition coefficient (Wildman–Crippen LogP) is 3.65. The highest BCUT2D eigenvalue weighted by Gasteiger charge is 2.02. The molecule has 0 bridgehead atoms. The van der Waals surface area contributed by atoms with Gasteiger partial charge in [-0.3, -0.25) is 4.98 Å². The lowest BCUT2D eigenvalue weighted by Crippen LogP contribution is -2.13. The van der Waals surface area contributed by atoms with Crippen LogP contribution in [0.15, 0.2) is 42.7 Å². The Kier molecular flexibility index (Phi) is 5.56. The Labute approximate surface area is 121 Å². The topological polar surface area (TPSA) is 34.2 Å². The van der Waals surface area contributed by atoms with Crippen LogP contribution in [0.2, 0.25) is 0 Å². The SMILES string of the molecule is CCCNCc1cccc(-c2cncc(OCC)c2)c1. The molecule has 0 unspecified atom stereocenters. The molecule has 0 radical (unpaired) electrons. The van der Waals surface area contributed by atoms with Gasteiger partial charge >= 0.3 is 0 Å². The molecule has 0 amide bonds. The van der Waals surface area contributed by atoms with Gasteiger partial charge in [0.05, 0.1) is 12.8 Å². The molecule has 0 fully saturated rings. The first-order valence-electron chi connectivity index (χ1n) is 7.21. The molecule has 1 N–H and O–H groups in total. The minimum atomic E-state index is 0.659. The molecule has 1 aromatic carbocycles. The van der Waals surface area contributed by atoms with Crippen molar-refractivity contribution in [3.05, 3.63) is 48.3 Å². The Hall–Kier alpha value is -1.87. The molecular weight excluding hydrogens is 248 g/mol. The lowest BCUT2D eigenvalue weighted by atomic mass is 10.0. The summed E-state index contributed by atoms with van der Waals surface area (Å²) in [5.74, 6) is 0.819. The monoisotopic (exact) mass is 270 g/mol. The van der Waals surface area contributed by atoms with E-state index in [1.54, 1.807) is 6.20 Å². The lowest BCUT2D eigenvalue weighted by molar-refractivity contribution is 0.339. The van der Waals surface area contributed by atoms with E-state index in [-0.39, 0.29) is 0 Å². The average Bonchev–Trinajstić information content (AvgIpc) is 2.49. The molecule has 0 aliphatic carbocycles. The van der Waals surface area contributed by atoms with Crippen molar-refractivity contribution in [2.45, 2.75) is 26.8 Å². The van der Waals surface area contributed by atoms with Gasteiger partial charge in [-0.25, -0.2) is 0 Å². The standard InChI is InChI=1S/C17H22N2O/c1-3-8-18-11-14-6-5-7-15(9-14)16-10-17(20-4-2)13-19-12-16/h5-7,9-10,12-13,18H,3-4,8,11H2,1-2H3. The van der Waals surface area contributed by atoms with Crippen molar-refractivity contribution in [1.82, 2.24) is 10.3 Å². The Balaban J connectivity index is 2.15. The van der Waals surface area contributed by atoms with Crippen molar-refractivity contribution in [3.63, 3.8) is 0 Å². The van der Waals surface area contributed by atoms with Gasteiger partial charge in [0, 0.05) is 18.3 Å². The number of nitrogens with zero attached hydrogens (tertiary/aromatic N) is 1. The van der Waals surface area contributed by atoms with Crippen LogP contribution < -0.4 is 10.1 Å². The summed E-state index contributed by atoms with van der Waals surface area (Å²) in [7, 11) is 0. The molecule has 106 valence electrons. The van der Waals surface area contributed by atoms with Crippen LogP contribution >= 0.6 is 0 Å². The number of benzene rings is 1. The van der Waals surface area contributed by atoms with E-state index in [9.17, 15) is 0 Å². The van der Waals surface area contributed by atoms with Crippen molar-refractivity contribution < 1.29 is 4.74 Å². The van der Waals surface area contributed by atoms with E-state index in [1.807, 2.05) is 19.2 Å². The molecule has 0 atom stereocenters. The Morgan fingerprint density at radius 3 is 2.80 bits per heavy atom. The number of hydrogen-bond acceptors (Lipinski definition) is 3. The quantitative estimate of drug-likeness (QED) is 0.780. The Bertz CT molecular complexity index is 540. The van der Waals surface area contributed by atoms with Gasteiger partial charge in [0.15, 0.2) is 0 Å². The second-order valence-corrected chi connectivity index (χ2v) is 4.72. The van der Waals surface area contributed by atoms with Gasteiger partial charge in [0.2, 0.25) is 0 Å². The minimum absolute atomic E-state index is 0.659. The molecule has 3 heteroatoms. The highest BCUT2D eigenvalue weighted by atomic mass is 16.5. The molecule has 0 aliphatic rings. The lowest BCUT2D eigenvalue weighted by Gasteiger charge is -2.08. The van der Waals surface area contributed by atoms with Crippen LogP contribution in [0.5, 0.6) is 5.75 Å². The van der Waals surface area contributed by atoms with Crippen LogP contribution in [0, 0.1) is 0 Å². The normalized spacial score (nSPS) is 10.5. The number of ether oxygens (including phenoxy) is 1. The second kappa shape index (κ2) is 7.65. The molecule has 3 nitrogen and oxygen atoms in total. The number of hydrogen-bond donors (Lipinski definition) is 1. The molecule has 0 spiro atoms. The molecule has 2 rings (SSSR count). The van der Waals surface area contributed by atoms with Gasteiger partial charge < -0.3 is 10.1 Å². The highest BCUT2D eigenvalue weighted by Crippen LogP contribution is 2.23. The molecule has 1 aromatic heterocycles. The van der Waals surface area contributed by atoms with Crippen molar-refractivity contribution in [3.8, 4) is 16.9 Å². The third-order valence-corrected chi connectivity index (χ3v) is 3.04. The summed E-state index contributed by atoms with van der Waals surface area (Å²) < 4.78 is 5.50. The Morgan fingerprint density at radius 2 is 2.00 bits per heavy atom. The van der Waals surface area contributed by atoms with E-state index in [0.717, 1.165) is 30.8 Å². The fourth-order valence-corrected chi connectivity index (χ4v) is 2.09. The van der Waals surface area contributed by atoms with Crippen molar-refractivity contribution in [2.24, 2.45) is 0 Å². The van der Waals surface area contributed by atoms with Crippen LogP contribution in [0.4, 0.5) is 0 Å². The van der Waals surface area contributed by atoms with Crippen LogP contribution in [0.25, 0.3) is 11.1 Å². The van der Waals surface area contributed by atoms with E-state index in [0.29, 0.717) is 6.61 Å². The average molecular weight is 270 g/mol. The molecule has 20 heavy (non-hydrogen) atoms. The summed E-state index contributed by atoms with van der Waals surface area (Å²) in [6.45, 7) is 6.76. The maximum Gasteiger partial charge on any atom is 0.138 e. The van der Waals surface area contributed by atoms with Crippen molar-refractivity contribution >= 4 is 0 Å². The molecule has 0 saturated heterocycles. The summed E-state index contributed by atoms with van der Waals surface area (Å²) >= 11 is 0. The second-order valence-electron chi connectivity index (χ2n) is 4.72. The van der Waals surface area contributed by atoms with Gasteiger partial charge in [-0.15, -0.1) is 0 Å². The third-order valence-electron chi connectivity index (χ3n) is 3.04. The summed E-state index contributed by atoms with van der Waals surface area (Å²) in [6, 6.07) is 10.6. The zero-order valence-electron chi connectivity index (χ0n) is 12.2. The van der Waals surface area contributed by atoms with Crippen molar-refractivity contribution in [1.29, 1.82) is 0 Å². The van der Waals surface area contributed by atoms with Gasteiger partial charge in [-0.1, -0.05) is 25.1 Å². The first-order valence-corrected chi connectivity index (χ1v) is 7.21. The number of pyridine rings is 1. The molecule has 0 saturated carbocycles. The number of rotatable bonds is 7. The van der Waals surface area contributed by atoms with E-state index in [2.05, 4.69) is 41.5 Å². The third kappa shape index (κ3) is 4.07. The highest BCUT2D eigenvalue weighted by molar-refractivity contribution is 5.64. The smallest absolute Gasteiger partial charge is 0.138 e. The van der Waals surface area contributed by atoms with E-state index < -0.39 is 0 Å². The summed E-state index contributed by atoms with van der Waals surface area (Å²) in [5, 5.41) is 3.42. The van der Waals surface area contributed by atoms with E-state index in [1.165, 1.54) is 11.1 Å². The predicted molar refractivity (Wildman–Crippen MR) is 82.8 cm³/mol. The van der Waals surface area contributed by atoms with Crippen molar-refractivity contribution in [2.75, 3.05) is 13.2 Å². The first kappa shape index (κ1) is 14.5. The Morgan fingerprint density at radius 1 is 1.10 bits per heavy atom. The summed E-state index contributed by atoms with van der Waals surface area (Å²) in [5.41, 5.74) is 3.56. The summed E-state index contributed by atoms with van der Waals surface area (Å²) in [4.78, 5) is 4.24. The number of aromatic nitrogens is 1. The zero-order chi connectivity index (χ0) is 14.2. The molecular formula is C17H22N2O. The molecule has 2 aromatic rings. The number of nitrogens with one attached hydrogen (secondary N) is 1. The first-order chi connectivity index (χ1) is 9.83. The van der Waals surface area contributed by atoms with Gasteiger partial charge in [-0.05, 0) is 43.1 Å². The van der Waals surface area contributed by atoms with E-state index >= 15 is 0 Å². The fraction of sp³-hybridized carbons (Fsp3) is 0.353. The van der Waals surface area contributed by atoms with Crippen LogP contribution in [-0.4, -0.2) is 18.1 Å². The van der Waals surface area contributed by atoms with Crippen LogP contribution in [0.1, 0.15) is 25.8 Å². The fourth-order valence-electron chi connectivity index (χ4n) is 2.09. The molecule has 0 aliphatic heterocycles. The van der Waals surface area contributed by atoms with Gasteiger partial charge in [-0.2, -0.15) is 0 Å². The largest absolute Gasteiger partial charge is 0.492 e. The molecule has 1 heterocycles. The maximum atomic E-state index is 5.50.